The molecule has 4 aliphatic carbocycles. The molecule has 4 rings (SSSR count). The fourth-order valence-corrected chi connectivity index (χ4v) is 5.39. The monoisotopic (exact) mass is 223 g/mol. The van der Waals surface area contributed by atoms with E-state index in [0.29, 0.717) is 11.5 Å². The minimum atomic E-state index is -0.280. The number of hydrogen-bond acceptors (Lipinski definition) is 2. The van der Waals surface area contributed by atoms with Crippen molar-refractivity contribution < 1.29 is 5.11 Å². The van der Waals surface area contributed by atoms with E-state index in [1.165, 1.54) is 25.7 Å². The van der Waals surface area contributed by atoms with Crippen LogP contribution in [-0.4, -0.2) is 23.8 Å². The first-order valence-electron chi connectivity index (χ1n) is 6.92. The van der Waals surface area contributed by atoms with Crippen molar-refractivity contribution in [3.63, 3.8) is 0 Å². The van der Waals surface area contributed by atoms with Crippen molar-refractivity contribution in [1.82, 2.24) is 5.32 Å². The lowest BCUT2D eigenvalue weighted by Gasteiger charge is -2.61. The molecule has 0 unspecified atom stereocenters. The van der Waals surface area contributed by atoms with Crippen molar-refractivity contribution >= 4 is 0 Å². The number of aliphatic hydroxyl groups is 1. The molecule has 0 radical (unpaired) electrons. The molecule has 0 spiro atoms. The zero-order valence-corrected chi connectivity index (χ0v) is 10.6. The summed E-state index contributed by atoms with van der Waals surface area (Å²) in [5.74, 6) is 1.66. The maximum atomic E-state index is 10.6. The van der Waals surface area contributed by atoms with Crippen LogP contribution in [0.15, 0.2) is 0 Å². The molecule has 3 atom stereocenters. The van der Waals surface area contributed by atoms with Crippen LogP contribution in [0, 0.1) is 17.3 Å². The SMILES string of the molecule is CN[C@H](C)CC12C[C@H]3C[C@@H](CC(O)(C3)C1)C2. The number of nitrogens with one attached hydrogen (secondary N) is 1. The van der Waals surface area contributed by atoms with Gasteiger partial charge in [0.2, 0.25) is 0 Å². The van der Waals surface area contributed by atoms with Gasteiger partial charge in [-0.2, -0.15) is 0 Å². The average molecular weight is 223 g/mol. The van der Waals surface area contributed by atoms with Crippen LogP contribution in [-0.2, 0) is 0 Å². The maximum Gasteiger partial charge on any atom is 0.0658 e. The van der Waals surface area contributed by atoms with E-state index >= 15 is 0 Å². The Morgan fingerprint density at radius 1 is 1.25 bits per heavy atom. The van der Waals surface area contributed by atoms with Crippen molar-refractivity contribution in [3.05, 3.63) is 0 Å². The standard InChI is InChI=1S/C14H25NO/c1-10(15-2)4-13-5-11-3-12(6-13)8-14(16,7-11)9-13/h10-12,15-16H,3-9H2,1-2H3/t10-,11-,12-,13?,14?/m1/s1. The van der Waals surface area contributed by atoms with Gasteiger partial charge in [0, 0.05) is 6.04 Å². The first kappa shape index (κ1) is 11.0. The zero-order valence-electron chi connectivity index (χ0n) is 10.6. The minimum Gasteiger partial charge on any atom is -0.390 e. The molecule has 4 fully saturated rings. The van der Waals surface area contributed by atoms with Crippen molar-refractivity contribution in [1.29, 1.82) is 0 Å². The fraction of sp³-hybridized carbons (Fsp3) is 1.00. The highest BCUT2D eigenvalue weighted by Gasteiger charge is 2.56. The second kappa shape index (κ2) is 3.46. The van der Waals surface area contributed by atoms with Crippen LogP contribution in [0.5, 0.6) is 0 Å². The topological polar surface area (TPSA) is 32.3 Å². The van der Waals surface area contributed by atoms with Gasteiger partial charge in [0.1, 0.15) is 0 Å². The first-order chi connectivity index (χ1) is 7.53. The minimum absolute atomic E-state index is 0.280. The summed E-state index contributed by atoms with van der Waals surface area (Å²) in [5.41, 5.74) is 0.193. The highest BCUT2D eigenvalue weighted by molar-refractivity contribution is 5.08. The number of hydrogen-bond donors (Lipinski definition) is 2. The zero-order chi connectivity index (χ0) is 11.4. The lowest BCUT2D eigenvalue weighted by Crippen LogP contribution is -2.56. The molecule has 92 valence electrons. The second-order valence-electron chi connectivity index (χ2n) is 7.08. The molecule has 0 aromatic heterocycles. The average Bonchev–Trinajstić information content (AvgIpc) is 2.12. The van der Waals surface area contributed by atoms with Gasteiger partial charge < -0.3 is 10.4 Å². The molecule has 0 saturated heterocycles. The third-order valence-corrected chi connectivity index (χ3v) is 5.38. The molecular weight excluding hydrogens is 198 g/mol. The molecule has 0 aromatic rings. The predicted octanol–water partition coefficient (Wildman–Crippen LogP) is 2.32. The fourth-order valence-electron chi connectivity index (χ4n) is 5.39. The van der Waals surface area contributed by atoms with E-state index in [2.05, 4.69) is 19.3 Å². The van der Waals surface area contributed by atoms with Crippen LogP contribution >= 0.6 is 0 Å². The van der Waals surface area contributed by atoms with Gasteiger partial charge in [0.25, 0.3) is 0 Å². The van der Waals surface area contributed by atoms with Crippen LogP contribution in [0.25, 0.3) is 0 Å². The van der Waals surface area contributed by atoms with Gasteiger partial charge in [-0.25, -0.2) is 0 Å². The normalized spacial score (nSPS) is 51.9. The molecule has 2 heteroatoms. The second-order valence-corrected chi connectivity index (χ2v) is 7.08. The van der Waals surface area contributed by atoms with E-state index in [0.717, 1.165) is 31.1 Å². The summed E-state index contributed by atoms with van der Waals surface area (Å²) in [6.45, 7) is 2.28. The van der Waals surface area contributed by atoms with Crippen LogP contribution in [0.1, 0.15) is 51.9 Å². The van der Waals surface area contributed by atoms with E-state index in [-0.39, 0.29) is 5.60 Å². The lowest BCUT2D eigenvalue weighted by atomic mass is 9.47. The van der Waals surface area contributed by atoms with Crippen LogP contribution in [0.2, 0.25) is 0 Å². The summed E-state index contributed by atoms with van der Waals surface area (Å²) in [6.07, 6.45) is 8.71. The van der Waals surface area contributed by atoms with Crippen molar-refractivity contribution in [2.45, 2.75) is 63.5 Å². The molecule has 0 heterocycles. The van der Waals surface area contributed by atoms with Gasteiger partial charge in [0.05, 0.1) is 5.60 Å². The third-order valence-electron chi connectivity index (χ3n) is 5.38. The summed E-state index contributed by atoms with van der Waals surface area (Å²) < 4.78 is 0. The summed E-state index contributed by atoms with van der Waals surface area (Å²) in [6, 6.07) is 0.597. The van der Waals surface area contributed by atoms with E-state index in [9.17, 15) is 5.11 Å². The Hall–Kier alpha value is -0.0800. The molecule has 2 nitrogen and oxygen atoms in total. The van der Waals surface area contributed by atoms with Crippen molar-refractivity contribution in [3.8, 4) is 0 Å². The Bertz CT molecular complexity index is 274. The van der Waals surface area contributed by atoms with Gasteiger partial charge in [-0.1, -0.05) is 0 Å². The van der Waals surface area contributed by atoms with Crippen LogP contribution < -0.4 is 5.32 Å². The maximum absolute atomic E-state index is 10.6. The van der Waals surface area contributed by atoms with Gasteiger partial charge in [-0.15, -0.1) is 0 Å². The van der Waals surface area contributed by atoms with Crippen molar-refractivity contribution in [2.24, 2.45) is 17.3 Å². The van der Waals surface area contributed by atoms with Gasteiger partial charge in [0.15, 0.2) is 0 Å². The van der Waals surface area contributed by atoms with Gasteiger partial charge >= 0.3 is 0 Å². The summed E-state index contributed by atoms with van der Waals surface area (Å²) in [5, 5.41) is 14.0. The smallest absolute Gasteiger partial charge is 0.0658 e. The summed E-state index contributed by atoms with van der Waals surface area (Å²) >= 11 is 0. The highest BCUT2D eigenvalue weighted by Crippen LogP contribution is 2.63. The molecule has 0 aromatic carbocycles. The van der Waals surface area contributed by atoms with Crippen molar-refractivity contribution in [2.75, 3.05) is 7.05 Å². The quantitative estimate of drug-likeness (QED) is 0.769. The molecule has 4 bridgehead atoms. The molecule has 2 N–H and O–H groups in total. The van der Waals surface area contributed by atoms with E-state index in [4.69, 9.17) is 0 Å². The van der Waals surface area contributed by atoms with E-state index < -0.39 is 0 Å². The molecule has 0 aliphatic heterocycles. The van der Waals surface area contributed by atoms with Crippen LogP contribution in [0.3, 0.4) is 0 Å². The van der Waals surface area contributed by atoms with E-state index in [1.807, 2.05) is 0 Å². The Morgan fingerprint density at radius 3 is 2.38 bits per heavy atom. The Kier molecular flexibility index (Phi) is 2.38. The molecule has 4 aliphatic rings. The number of rotatable bonds is 3. The van der Waals surface area contributed by atoms with Gasteiger partial charge in [-0.05, 0) is 76.2 Å². The van der Waals surface area contributed by atoms with Crippen LogP contribution in [0.4, 0.5) is 0 Å². The van der Waals surface area contributed by atoms with Gasteiger partial charge in [-0.3, -0.25) is 0 Å². The molecule has 16 heavy (non-hydrogen) atoms. The largest absolute Gasteiger partial charge is 0.390 e. The highest BCUT2D eigenvalue weighted by atomic mass is 16.3. The Balaban J connectivity index is 1.81. The Labute approximate surface area is 98.8 Å². The summed E-state index contributed by atoms with van der Waals surface area (Å²) in [4.78, 5) is 0. The molecule has 4 saturated carbocycles. The third kappa shape index (κ3) is 1.70. The Morgan fingerprint density at radius 2 is 1.88 bits per heavy atom. The lowest BCUT2D eigenvalue weighted by molar-refractivity contribution is -0.167. The first-order valence-corrected chi connectivity index (χ1v) is 6.92. The summed E-state index contributed by atoms with van der Waals surface area (Å²) in [7, 11) is 2.06. The predicted molar refractivity (Wildman–Crippen MR) is 65.2 cm³/mol. The molecule has 0 amide bonds. The molecular formula is C14H25NO. The van der Waals surface area contributed by atoms with E-state index in [1.54, 1.807) is 0 Å².